The predicted molar refractivity (Wildman–Crippen MR) is 151 cm³/mol. The topological polar surface area (TPSA) is 150 Å². The van der Waals surface area contributed by atoms with E-state index in [1.54, 1.807) is 12.2 Å². The average molecular weight is 572 g/mol. The summed E-state index contributed by atoms with van der Waals surface area (Å²) < 4.78 is 25.9. The van der Waals surface area contributed by atoms with Crippen LogP contribution in [-0.2, 0) is 19.8 Å². The van der Waals surface area contributed by atoms with Crippen molar-refractivity contribution in [2.24, 2.45) is 49.5 Å². The first kappa shape index (κ1) is 29.6. The summed E-state index contributed by atoms with van der Waals surface area (Å²) in [5, 5.41) is 28.0. The summed E-state index contributed by atoms with van der Waals surface area (Å²) in [6.07, 6.45) is 8.54. The number of nitrogens with two attached hydrogens (primary N) is 1. The molecular formula is C31H45N3O5S. The molecule has 5 aliphatic rings. The molecule has 0 spiro atoms. The molecule has 5 rings (SSSR count). The quantitative estimate of drug-likeness (QED) is 0.464. The van der Waals surface area contributed by atoms with Crippen molar-refractivity contribution in [3.8, 4) is 6.07 Å². The van der Waals surface area contributed by atoms with E-state index in [1.165, 1.54) is 0 Å². The number of carbonyl (C=O) groups excluding carboxylic acids is 2. The Morgan fingerprint density at radius 3 is 2.25 bits per heavy atom. The van der Waals surface area contributed by atoms with Gasteiger partial charge in [0.15, 0.2) is 11.6 Å². The second-order valence-electron chi connectivity index (χ2n) is 15.5. The maximum absolute atomic E-state index is 14.5. The van der Waals surface area contributed by atoms with E-state index in [2.05, 4.69) is 38.5 Å². The zero-order valence-electron chi connectivity index (χ0n) is 25.0. The second kappa shape index (κ2) is 8.37. The average Bonchev–Trinajstić information content (AvgIpc) is 2.85. The van der Waals surface area contributed by atoms with E-state index in [9.17, 15) is 28.4 Å². The van der Waals surface area contributed by atoms with Crippen LogP contribution >= 0.6 is 0 Å². The molecule has 0 aromatic carbocycles. The summed E-state index contributed by atoms with van der Waals surface area (Å²) in [6.45, 7) is 14.5. The molecule has 0 bridgehead atoms. The Bertz CT molecular complexity index is 1410. The summed E-state index contributed by atoms with van der Waals surface area (Å²) in [4.78, 5) is 27.7. The van der Waals surface area contributed by atoms with Crippen LogP contribution in [0.3, 0.4) is 0 Å². The van der Waals surface area contributed by atoms with Gasteiger partial charge in [-0.3, -0.25) is 9.59 Å². The zero-order chi connectivity index (χ0) is 29.9. The molecule has 9 heteroatoms. The minimum Gasteiger partial charge on any atom is -0.381 e. The summed E-state index contributed by atoms with van der Waals surface area (Å²) in [7, 11) is -3.87. The SMILES string of the molecule is CC1(C)C(=O)C(C#N)=C[C@]2(C)C3=CC(=O)[C@]4(O)[C@@H]5C[C@@](C)(CNS(N)(=O)=O)CC[C@]5(C)CC[C@@]4(C)[C@]3(C)CC[C@@H]12. The Morgan fingerprint density at radius 2 is 1.65 bits per heavy atom. The van der Waals surface area contributed by atoms with Crippen LogP contribution < -0.4 is 9.86 Å². The number of fused-ring (bicyclic) bond motifs is 7. The monoisotopic (exact) mass is 571 g/mol. The molecule has 40 heavy (non-hydrogen) atoms. The fraction of sp³-hybridized carbons (Fsp3) is 0.774. The number of Topliss-reactive ketones (excluding diaryl/α,β-unsaturated/α-hetero) is 1. The first-order valence-electron chi connectivity index (χ1n) is 14.6. The molecule has 220 valence electrons. The molecule has 0 aromatic heterocycles. The Balaban J connectivity index is 1.66. The largest absolute Gasteiger partial charge is 0.381 e. The number of hydrogen-bond acceptors (Lipinski definition) is 6. The minimum absolute atomic E-state index is 0.0670. The number of allylic oxidation sites excluding steroid dienone is 3. The van der Waals surface area contributed by atoms with Crippen LogP contribution in [0.5, 0.6) is 0 Å². The lowest BCUT2D eigenvalue weighted by molar-refractivity contribution is -0.243. The first-order chi connectivity index (χ1) is 18.1. The van der Waals surface area contributed by atoms with E-state index >= 15 is 0 Å². The normalized spacial score (nSPS) is 48.0. The van der Waals surface area contributed by atoms with Gasteiger partial charge in [0, 0.05) is 28.7 Å². The molecule has 0 heterocycles. The maximum atomic E-state index is 14.5. The van der Waals surface area contributed by atoms with Crippen molar-refractivity contribution >= 4 is 21.8 Å². The summed E-state index contributed by atoms with van der Waals surface area (Å²) in [5.41, 5.74) is -4.02. The summed E-state index contributed by atoms with van der Waals surface area (Å²) in [6, 6.07) is 2.13. The Hall–Kier alpha value is -1.86. The van der Waals surface area contributed by atoms with Crippen LogP contribution in [0.2, 0.25) is 0 Å². The number of aliphatic hydroxyl groups is 1. The third kappa shape index (κ3) is 3.61. The van der Waals surface area contributed by atoms with Gasteiger partial charge in [0.2, 0.25) is 0 Å². The van der Waals surface area contributed by atoms with Gasteiger partial charge in [-0.05, 0) is 78.8 Å². The molecule has 3 fully saturated rings. The number of carbonyl (C=O) groups is 2. The first-order valence-corrected chi connectivity index (χ1v) is 16.1. The van der Waals surface area contributed by atoms with Gasteiger partial charge >= 0.3 is 0 Å². The number of rotatable bonds is 3. The highest BCUT2D eigenvalue weighted by atomic mass is 32.2. The highest BCUT2D eigenvalue weighted by Gasteiger charge is 2.75. The number of nitrogens with one attached hydrogen (secondary N) is 1. The molecule has 5 aliphatic carbocycles. The van der Waals surface area contributed by atoms with E-state index in [-0.39, 0.29) is 40.9 Å². The van der Waals surface area contributed by atoms with Gasteiger partial charge < -0.3 is 5.11 Å². The molecule has 8 nitrogen and oxygen atoms in total. The van der Waals surface area contributed by atoms with Crippen LogP contribution in [0.25, 0.3) is 0 Å². The molecule has 0 saturated heterocycles. The van der Waals surface area contributed by atoms with E-state index in [0.717, 1.165) is 37.7 Å². The lowest BCUT2D eigenvalue weighted by atomic mass is 9.33. The van der Waals surface area contributed by atoms with Gasteiger partial charge in [-0.1, -0.05) is 54.5 Å². The maximum Gasteiger partial charge on any atom is 0.274 e. The van der Waals surface area contributed by atoms with Crippen molar-refractivity contribution in [1.82, 2.24) is 4.72 Å². The van der Waals surface area contributed by atoms with Crippen LogP contribution in [0.15, 0.2) is 23.3 Å². The number of ketones is 2. The van der Waals surface area contributed by atoms with Crippen molar-refractivity contribution in [3.63, 3.8) is 0 Å². The van der Waals surface area contributed by atoms with Crippen LogP contribution in [0.1, 0.15) is 93.4 Å². The molecule has 3 saturated carbocycles. The Labute approximate surface area is 239 Å². The van der Waals surface area contributed by atoms with E-state index in [1.807, 2.05) is 20.8 Å². The fourth-order valence-electron chi connectivity index (χ4n) is 10.3. The molecule has 0 aromatic rings. The second-order valence-corrected chi connectivity index (χ2v) is 16.9. The highest BCUT2D eigenvalue weighted by Crippen LogP contribution is 2.75. The number of hydrogen-bond donors (Lipinski definition) is 3. The Morgan fingerprint density at radius 1 is 1.02 bits per heavy atom. The highest BCUT2D eigenvalue weighted by molar-refractivity contribution is 7.87. The summed E-state index contributed by atoms with van der Waals surface area (Å²) in [5.74, 6) is -0.871. The van der Waals surface area contributed by atoms with Gasteiger partial charge in [-0.2, -0.15) is 13.7 Å². The zero-order valence-corrected chi connectivity index (χ0v) is 25.8. The van der Waals surface area contributed by atoms with Crippen LogP contribution in [0, 0.1) is 55.7 Å². The lowest BCUT2D eigenvalue weighted by Gasteiger charge is -2.71. The van der Waals surface area contributed by atoms with Gasteiger partial charge in [-0.15, -0.1) is 0 Å². The molecule has 0 amide bonds. The van der Waals surface area contributed by atoms with E-state index in [4.69, 9.17) is 5.14 Å². The van der Waals surface area contributed by atoms with Gasteiger partial charge in [0.05, 0.1) is 5.57 Å². The van der Waals surface area contributed by atoms with Crippen molar-refractivity contribution in [2.45, 2.75) is 99.0 Å². The van der Waals surface area contributed by atoms with Crippen LogP contribution in [-0.4, -0.2) is 37.2 Å². The molecule has 8 atom stereocenters. The molecule has 4 N–H and O–H groups in total. The third-order valence-electron chi connectivity index (χ3n) is 13.0. The van der Waals surface area contributed by atoms with Crippen molar-refractivity contribution in [2.75, 3.05) is 6.54 Å². The molecular weight excluding hydrogens is 526 g/mol. The van der Waals surface area contributed by atoms with Gasteiger partial charge in [-0.25, -0.2) is 9.86 Å². The lowest BCUT2D eigenvalue weighted by Crippen LogP contribution is -2.74. The van der Waals surface area contributed by atoms with Crippen molar-refractivity contribution < 1.29 is 23.1 Å². The van der Waals surface area contributed by atoms with Crippen molar-refractivity contribution in [1.29, 1.82) is 5.26 Å². The fourth-order valence-corrected chi connectivity index (χ4v) is 10.8. The third-order valence-corrected chi connectivity index (χ3v) is 13.6. The van der Waals surface area contributed by atoms with E-state index in [0.29, 0.717) is 12.8 Å². The van der Waals surface area contributed by atoms with Gasteiger partial charge in [0.1, 0.15) is 11.7 Å². The van der Waals surface area contributed by atoms with Crippen molar-refractivity contribution in [3.05, 3.63) is 23.3 Å². The number of nitriles is 1. The molecule has 0 radical (unpaired) electrons. The number of nitrogens with zero attached hydrogens (tertiary/aromatic N) is 1. The molecule has 0 aliphatic heterocycles. The smallest absolute Gasteiger partial charge is 0.274 e. The molecule has 0 unspecified atom stereocenters. The van der Waals surface area contributed by atoms with Crippen LogP contribution in [0.4, 0.5) is 0 Å². The predicted octanol–water partition coefficient (Wildman–Crippen LogP) is 4.11. The van der Waals surface area contributed by atoms with Gasteiger partial charge in [0.25, 0.3) is 10.2 Å². The summed E-state index contributed by atoms with van der Waals surface area (Å²) >= 11 is 0. The standard InChI is InChI=1S/C31H45N3O5S/c1-25(2)20-8-9-29(6)21(28(20,5)15-19(17-32)24(25)36)14-23(35)31(37)22-16-26(3,18-34-40(33,38)39)10-11-27(22,4)12-13-30(29,31)7/h14-15,20,22,34,37H,8-13,16,18H2,1-7H3,(H2,33,38,39)/t20-,22+,26-,27+,28-,29+,30-,31+/m0/s1. The minimum atomic E-state index is -3.87. The van der Waals surface area contributed by atoms with E-state index < -0.39 is 42.9 Å². The Kier molecular flexibility index (Phi) is 6.20.